The monoisotopic (exact) mass is 215 g/mol. The van der Waals surface area contributed by atoms with Crippen LogP contribution in [0, 0.1) is 0 Å². The molecule has 0 aromatic rings. The smallest absolute Gasteiger partial charge is 0.314 e. The molecular formula is C9H17N3OS. The number of nitrogens with zero attached hydrogens (tertiary/aromatic N) is 1. The molecule has 5 heteroatoms. The minimum Gasteiger partial charge on any atom is -0.351 e. The van der Waals surface area contributed by atoms with Crippen molar-refractivity contribution in [2.45, 2.75) is 24.9 Å². The zero-order valence-electron chi connectivity index (χ0n) is 8.24. The van der Waals surface area contributed by atoms with Crippen LogP contribution >= 0.6 is 11.8 Å². The van der Waals surface area contributed by atoms with Gasteiger partial charge in [-0.25, -0.2) is 4.79 Å². The summed E-state index contributed by atoms with van der Waals surface area (Å²) in [4.78, 5) is 12.6. The second-order valence-corrected chi connectivity index (χ2v) is 5.15. The topological polar surface area (TPSA) is 58.4 Å². The maximum absolute atomic E-state index is 10.9. The van der Waals surface area contributed by atoms with Crippen molar-refractivity contribution < 1.29 is 4.79 Å². The van der Waals surface area contributed by atoms with Crippen LogP contribution in [0.25, 0.3) is 0 Å². The minimum atomic E-state index is -0.282. The Bertz CT molecular complexity index is 218. The van der Waals surface area contributed by atoms with Crippen LogP contribution in [0.15, 0.2) is 0 Å². The number of urea groups is 1. The Kier molecular flexibility index (Phi) is 3.18. The molecule has 2 rings (SSSR count). The molecule has 0 aromatic heterocycles. The summed E-state index contributed by atoms with van der Waals surface area (Å²) in [6.45, 7) is 1.60. The van der Waals surface area contributed by atoms with Crippen LogP contribution in [0.2, 0.25) is 0 Å². The van der Waals surface area contributed by atoms with Crippen LogP contribution in [0.1, 0.15) is 12.8 Å². The number of hydrogen-bond acceptors (Lipinski definition) is 3. The highest BCUT2D eigenvalue weighted by Gasteiger charge is 2.27. The summed E-state index contributed by atoms with van der Waals surface area (Å²) in [7, 11) is 0. The molecule has 2 aliphatic rings. The van der Waals surface area contributed by atoms with E-state index in [1.807, 2.05) is 11.8 Å². The molecule has 2 saturated heterocycles. The first kappa shape index (κ1) is 10.1. The zero-order chi connectivity index (χ0) is 9.97. The largest absolute Gasteiger partial charge is 0.351 e. The van der Waals surface area contributed by atoms with Gasteiger partial charge in [0.25, 0.3) is 0 Å². The summed E-state index contributed by atoms with van der Waals surface area (Å²) >= 11 is 2.00. The van der Waals surface area contributed by atoms with Gasteiger partial charge in [-0.2, -0.15) is 11.8 Å². The predicted octanol–water partition coefficient (Wildman–Crippen LogP) is 0.235. The molecule has 80 valence electrons. The van der Waals surface area contributed by atoms with Crippen LogP contribution in [0.3, 0.4) is 0 Å². The van der Waals surface area contributed by atoms with Gasteiger partial charge in [-0.3, -0.25) is 0 Å². The van der Waals surface area contributed by atoms with Crippen LogP contribution in [-0.2, 0) is 0 Å². The summed E-state index contributed by atoms with van der Waals surface area (Å²) in [5.74, 6) is 2.48. The number of likely N-dealkylation sites (tertiary alicyclic amines) is 1. The van der Waals surface area contributed by atoms with Crippen molar-refractivity contribution in [3.63, 3.8) is 0 Å². The van der Waals surface area contributed by atoms with Crippen molar-refractivity contribution in [1.29, 1.82) is 0 Å². The van der Waals surface area contributed by atoms with E-state index in [-0.39, 0.29) is 6.03 Å². The number of carbonyl (C=O) groups excluding carboxylic acids is 1. The van der Waals surface area contributed by atoms with Gasteiger partial charge < -0.3 is 16.0 Å². The van der Waals surface area contributed by atoms with E-state index in [0.717, 1.165) is 19.5 Å². The number of nitrogens with two attached hydrogens (primary N) is 1. The summed E-state index contributed by atoms with van der Waals surface area (Å²) < 4.78 is 0. The number of hydrogen-bond donors (Lipinski definition) is 2. The highest BCUT2D eigenvalue weighted by Crippen LogP contribution is 2.19. The first-order valence-corrected chi connectivity index (χ1v) is 6.29. The Morgan fingerprint density at radius 3 is 2.86 bits per heavy atom. The van der Waals surface area contributed by atoms with Gasteiger partial charge in [0.05, 0.1) is 0 Å². The van der Waals surface area contributed by atoms with Gasteiger partial charge in [0.15, 0.2) is 0 Å². The van der Waals surface area contributed by atoms with E-state index in [4.69, 9.17) is 5.73 Å². The first-order chi connectivity index (χ1) is 6.75. The Morgan fingerprint density at radius 1 is 1.43 bits per heavy atom. The van der Waals surface area contributed by atoms with Gasteiger partial charge in [-0.1, -0.05) is 0 Å². The molecule has 2 aliphatic heterocycles. The summed E-state index contributed by atoms with van der Waals surface area (Å²) in [5, 5.41) is 3.59. The lowest BCUT2D eigenvalue weighted by atomic mass is 10.2. The maximum atomic E-state index is 10.9. The van der Waals surface area contributed by atoms with Gasteiger partial charge >= 0.3 is 6.03 Å². The standard InChI is InChI=1S/C9H17N3OS/c10-9(13)12-3-1-7(5-12)11-8-2-4-14-6-8/h7-8,11H,1-6H2,(H2,10,13). The van der Waals surface area contributed by atoms with E-state index in [0.29, 0.717) is 12.1 Å². The van der Waals surface area contributed by atoms with Crippen LogP contribution < -0.4 is 11.1 Å². The molecule has 14 heavy (non-hydrogen) atoms. The lowest BCUT2D eigenvalue weighted by molar-refractivity contribution is 0.217. The van der Waals surface area contributed by atoms with E-state index in [9.17, 15) is 4.79 Å². The fourth-order valence-electron chi connectivity index (χ4n) is 2.10. The fourth-order valence-corrected chi connectivity index (χ4v) is 3.26. The van der Waals surface area contributed by atoms with Crippen LogP contribution in [0.5, 0.6) is 0 Å². The molecule has 0 aromatic carbocycles. The normalized spacial score (nSPS) is 32.4. The number of primary amides is 1. The maximum Gasteiger partial charge on any atom is 0.314 e. The molecular weight excluding hydrogens is 198 g/mol. The molecule has 0 saturated carbocycles. The van der Waals surface area contributed by atoms with Crippen molar-refractivity contribution in [2.24, 2.45) is 5.73 Å². The molecule has 3 N–H and O–H groups in total. The van der Waals surface area contributed by atoms with Gasteiger partial charge in [-0.15, -0.1) is 0 Å². The number of rotatable bonds is 2. The quantitative estimate of drug-likeness (QED) is 0.693. The third-order valence-corrected chi connectivity index (χ3v) is 4.06. The van der Waals surface area contributed by atoms with E-state index in [1.165, 1.54) is 17.9 Å². The molecule has 2 unspecified atom stereocenters. The average molecular weight is 215 g/mol. The zero-order valence-corrected chi connectivity index (χ0v) is 9.05. The van der Waals surface area contributed by atoms with E-state index in [2.05, 4.69) is 5.32 Å². The number of thioether (sulfide) groups is 1. The Morgan fingerprint density at radius 2 is 2.29 bits per heavy atom. The number of carbonyl (C=O) groups is 1. The van der Waals surface area contributed by atoms with Gasteiger partial charge in [-0.05, 0) is 18.6 Å². The molecule has 2 amide bonds. The van der Waals surface area contributed by atoms with Gasteiger partial charge in [0, 0.05) is 30.9 Å². The average Bonchev–Trinajstić information content (AvgIpc) is 2.75. The van der Waals surface area contributed by atoms with Gasteiger partial charge in [0.1, 0.15) is 0 Å². The Balaban J connectivity index is 1.75. The second-order valence-electron chi connectivity index (χ2n) is 4.00. The molecule has 2 fully saturated rings. The lowest BCUT2D eigenvalue weighted by Gasteiger charge is -2.18. The molecule has 4 nitrogen and oxygen atoms in total. The molecule has 0 spiro atoms. The highest BCUT2D eigenvalue weighted by atomic mass is 32.2. The number of amides is 2. The molecule has 0 radical (unpaired) electrons. The highest BCUT2D eigenvalue weighted by molar-refractivity contribution is 7.99. The van der Waals surface area contributed by atoms with Crippen molar-refractivity contribution >= 4 is 17.8 Å². The van der Waals surface area contributed by atoms with Crippen LogP contribution in [0.4, 0.5) is 4.79 Å². The molecule has 0 aliphatic carbocycles. The Labute approximate surface area is 88.6 Å². The summed E-state index contributed by atoms with van der Waals surface area (Å²) in [6.07, 6.45) is 2.31. The van der Waals surface area contributed by atoms with Crippen molar-refractivity contribution in [3.05, 3.63) is 0 Å². The van der Waals surface area contributed by atoms with Crippen molar-refractivity contribution in [2.75, 3.05) is 24.6 Å². The Hall–Kier alpha value is -0.420. The molecule has 2 atom stereocenters. The van der Waals surface area contributed by atoms with E-state index < -0.39 is 0 Å². The van der Waals surface area contributed by atoms with Crippen LogP contribution in [-0.4, -0.2) is 47.6 Å². The van der Waals surface area contributed by atoms with Crippen molar-refractivity contribution in [1.82, 2.24) is 10.2 Å². The molecule has 2 heterocycles. The molecule has 0 bridgehead atoms. The third kappa shape index (κ3) is 2.33. The third-order valence-electron chi connectivity index (χ3n) is 2.90. The predicted molar refractivity (Wildman–Crippen MR) is 58.4 cm³/mol. The minimum absolute atomic E-state index is 0.282. The van der Waals surface area contributed by atoms with E-state index >= 15 is 0 Å². The first-order valence-electron chi connectivity index (χ1n) is 5.14. The summed E-state index contributed by atoms with van der Waals surface area (Å²) in [5.41, 5.74) is 5.22. The lowest BCUT2D eigenvalue weighted by Crippen LogP contribution is -2.42. The second kappa shape index (κ2) is 4.40. The SMILES string of the molecule is NC(=O)N1CCC(NC2CCSC2)C1. The number of nitrogens with one attached hydrogen (secondary N) is 1. The van der Waals surface area contributed by atoms with Gasteiger partial charge in [0.2, 0.25) is 0 Å². The fraction of sp³-hybridized carbons (Fsp3) is 0.889. The summed E-state index contributed by atoms with van der Waals surface area (Å²) in [6, 6.07) is 0.833. The van der Waals surface area contributed by atoms with Crippen molar-refractivity contribution in [3.8, 4) is 0 Å². The van der Waals surface area contributed by atoms with E-state index in [1.54, 1.807) is 4.90 Å².